The van der Waals surface area contributed by atoms with Crippen LogP contribution in [0.2, 0.25) is 0 Å². The minimum Gasteiger partial charge on any atom is -0.396 e. The predicted molar refractivity (Wildman–Crippen MR) is 158 cm³/mol. The Kier molecular flexibility index (Phi) is 10.4. The number of hydrogen-bond donors (Lipinski definition) is 2. The lowest BCUT2D eigenvalue weighted by molar-refractivity contribution is -0.120. The fraction of sp³-hybridized carbons (Fsp3) is 0.457. The summed E-state index contributed by atoms with van der Waals surface area (Å²) in [6.07, 6.45) is 5.00. The van der Waals surface area contributed by atoms with Crippen molar-refractivity contribution in [1.29, 1.82) is 0 Å². The van der Waals surface area contributed by atoms with Gasteiger partial charge in [0, 0.05) is 19.6 Å². The Morgan fingerprint density at radius 3 is 1.77 bits per heavy atom. The van der Waals surface area contributed by atoms with Crippen molar-refractivity contribution in [2.24, 2.45) is 23.7 Å². The third-order valence-electron chi connectivity index (χ3n) is 8.81. The molecule has 3 aromatic rings. The van der Waals surface area contributed by atoms with Gasteiger partial charge in [0.2, 0.25) is 5.91 Å². The zero-order valence-electron chi connectivity index (χ0n) is 23.8. The van der Waals surface area contributed by atoms with Gasteiger partial charge in [0.05, 0.1) is 6.61 Å². The van der Waals surface area contributed by atoms with Crippen LogP contribution in [0.1, 0.15) is 69.6 Å². The van der Waals surface area contributed by atoms with Gasteiger partial charge >= 0.3 is 0 Å². The van der Waals surface area contributed by atoms with Gasteiger partial charge in [-0.1, -0.05) is 118 Å². The molecule has 4 heteroatoms. The van der Waals surface area contributed by atoms with E-state index in [1.165, 1.54) is 0 Å². The normalized spacial score (nSPS) is 20.2. The molecule has 4 atom stereocenters. The van der Waals surface area contributed by atoms with E-state index in [2.05, 4.69) is 92.0 Å². The van der Waals surface area contributed by atoms with Gasteiger partial charge in [-0.3, -0.25) is 4.79 Å². The van der Waals surface area contributed by atoms with E-state index in [1.54, 1.807) is 6.92 Å². The first-order valence-electron chi connectivity index (χ1n) is 14.7. The minimum atomic E-state index is -0.747. The van der Waals surface area contributed by atoms with Crippen molar-refractivity contribution in [3.05, 3.63) is 108 Å². The SMILES string of the molecule is CCC(CC)C[C@H](NC(C)=O)C1CC(COC(c2ccccc2)(c2ccccc2)c2ccccc2)CC1CO. The molecule has 3 aromatic carbocycles. The molecular formula is C35H45NO3. The molecule has 0 aliphatic heterocycles. The van der Waals surface area contributed by atoms with Crippen molar-refractivity contribution in [2.45, 2.75) is 64.5 Å². The first-order chi connectivity index (χ1) is 19.0. The van der Waals surface area contributed by atoms with Crippen LogP contribution in [0.5, 0.6) is 0 Å². The summed E-state index contributed by atoms with van der Waals surface area (Å²) in [7, 11) is 0. The van der Waals surface area contributed by atoms with Crippen LogP contribution >= 0.6 is 0 Å². The van der Waals surface area contributed by atoms with Crippen molar-refractivity contribution in [2.75, 3.05) is 13.2 Å². The van der Waals surface area contributed by atoms with Crippen molar-refractivity contribution in [3.63, 3.8) is 0 Å². The number of benzene rings is 3. The first-order valence-corrected chi connectivity index (χ1v) is 14.7. The third-order valence-corrected chi connectivity index (χ3v) is 8.81. The van der Waals surface area contributed by atoms with Gasteiger partial charge in [-0.15, -0.1) is 0 Å². The van der Waals surface area contributed by atoms with E-state index < -0.39 is 5.60 Å². The molecule has 4 rings (SSSR count). The van der Waals surface area contributed by atoms with Crippen LogP contribution in [-0.2, 0) is 15.1 Å². The highest BCUT2D eigenvalue weighted by atomic mass is 16.5. The molecule has 1 fully saturated rings. The van der Waals surface area contributed by atoms with Gasteiger partial charge < -0.3 is 15.2 Å². The first kappa shape index (κ1) is 29.0. The summed E-state index contributed by atoms with van der Waals surface area (Å²) >= 11 is 0. The number of amides is 1. The summed E-state index contributed by atoms with van der Waals surface area (Å²) in [4.78, 5) is 12.2. The second kappa shape index (κ2) is 13.9. The lowest BCUT2D eigenvalue weighted by atomic mass is 9.80. The molecule has 2 N–H and O–H groups in total. The molecule has 1 aliphatic rings. The second-order valence-corrected chi connectivity index (χ2v) is 11.3. The molecule has 4 nitrogen and oxygen atoms in total. The number of aliphatic hydroxyl groups excluding tert-OH is 1. The predicted octanol–water partition coefficient (Wildman–Crippen LogP) is 6.96. The summed E-state index contributed by atoms with van der Waals surface area (Å²) in [6.45, 7) is 6.77. The van der Waals surface area contributed by atoms with Gasteiger partial charge in [0.1, 0.15) is 5.60 Å². The van der Waals surface area contributed by atoms with E-state index in [4.69, 9.17) is 4.74 Å². The molecule has 0 aromatic heterocycles. The molecule has 0 bridgehead atoms. The summed E-state index contributed by atoms with van der Waals surface area (Å²) in [6, 6.07) is 31.5. The lowest BCUT2D eigenvalue weighted by Gasteiger charge is -2.37. The van der Waals surface area contributed by atoms with E-state index in [-0.39, 0.29) is 30.4 Å². The fourth-order valence-electron chi connectivity index (χ4n) is 6.71. The van der Waals surface area contributed by atoms with Crippen molar-refractivity contribution in [1.82, 2.24) is 5.32 Å². The Balaban J connectivity index is 1.64. The average molecular weight is 528 g/mol. The highest BCUT2D eigenvalue weighted by molar-refractivity contribution is 5.73. The van der Waals surface area contributed by atoms with E-state index >= 15 is 0 Å². The fourth-order valence-corrected chi connectivity index (χ4v) is 6.71. The number of carbonyl (C=O) groups is 1. The Labute approximate surface area is 234 Å². The second-order valence-electron chi connectivity index (χ2n) is 11.3. The Bertz CT molecular complexity index is 1030. The molecular weight excluding hydrogens is 482 g/mol. The van der Waals surface area contributed by atoms with E-state index in [9.17, 15) is 9.90 Å². The monoisotopic (exact) mass is 527 g/mol. The highest BCUT2D eigenvalue weighted by Crippen LogP contribution is 2.44. The minimum absolute atomic E-state index is 0.0126. The maximum Gasteiger partial charge on any atom is 0.217 e. The van der Waals surface area contributed by atoms with Gasteiger partial charge in [-0.2, -0.15) is 0 Å². The molecule has 0 saturated heterocycles. The summed E-state index contributed by atoms with van der Waals surface area (Å²) in [5.74, 6) is 1.27. The summed E-state index contributed by atoms with van der Waals surface area (Å²) in [5, 5.41) is 13.7. The molecule has 3 unspecified atom stereocenters. The van der Waals surface area contributed by atoms with Crippen molar-refractivity contribution in [3.8, 4) is 0 Å². The van der Waals surface area contributed by atoms with Gasteiger partial charge in [0.15, 0.2) is 0 Å². The van der Waals surface area contributed by atoms with Crippen LogP contribution in [-0.4, -0.2) is 30.3 Å². The number of rotatable bonds is 13. The van der Waals surface area contributed by atoms with Gasteiger partial charge in [-0.25, -0.2) is 0 Å². The van der Waals surface area contributed by atoms with E-state index in [0.717, 1.165) is 48.8 Å². The van der Waals surface area contributed by atoms with E-state index in [1.807, 2.05) is 18.2 Å². The Morgan fingerprint density at radius 1 is 0.872 bits per heavy atom. The number of carbonyl (C=O) groups excluding carboxylic acids is 1. The topological polar surface area (TPSA) is 58.6 Å². The quantitative estimate of drug-likeness (QED) is 0.236. The average Bonchev–Trinajstić information content (AvgIpc) is 3.40. The van der Waals surface area contributed by atoms with Crippen LogP contribution < -0.4 is 5.32 Å². The molecule has 1 amide bonds. The molecule has 0 spiro atoms. The van der Waals surface area contributed by atoms with Crippen LogP contribution in [0.4, 0.5) is 0 Å². The Hall–Kier alpha value is -2.95. The zero-order valence-corrected chi connectivity index (χ0v) is 23.8. The highest BCUT2D eigenvalue weighted by Gasteiger charge is 2.42. The number of nitrogens with one attached hydrogen (secondary N) is 1. The molecule has 1 aliphatic carbocycles. The summed E-state index contributed by atoms with van der Waals surface area (Å²) in [5.41, 5.74) is 2.55. The molecule has 208 valence electrons. The largest absolute Gasteiger partial charge is 0.396 e. The maximum absolute atomic E-state index is 12.2. The third kappa shape index (κ3) is 6.80. The van der Waals surface area contributed by atoms with Crippen molar-refractivity contribution >= 4 is 5.91 Å². The maximum atomic E-state index is 12.2. The van der Waals surface area contributed by atoms with Gasteiger partial charge in [0.25, 0.3) is 0 Å². The van der Waals surface area contributed by atoms with E-state index in [0.29, 0.717) is 18.4 Å². The molecule has 0 radical (unpaired) electrons. The molecule has 0 heterocycles. The standard InChI is InChI=1S/C35H45NO3/c1-4-27(5-2)23-34(36-26(3)38)33-22-28(21-29(33)24-37)25-39-35(30-15-9-6-10-16-30,31-17-11-7-12-18-31)32-19-13-8-14-20-32/h6-20,27-29,33-34,37H,4-5,21-25H2,1-3H3,(H,36,38)/t28?,29?,33?,34-/m0/s1. The Morgan fingerprint density at radius 2 is 1.36 bits per heavy atom. The molecule has 1 saturated carbocycles. The molecule has 39 heavy (non-hydrogen) atoms. The smallest absolute Gasteiger partial charge is 0.217 e. The van der Waals surface area contributed by atoms with Crippen molar-refractivity contribution < 1.29 is 14.6 Å². The zero-order chi connectivity index (χ0) is 27.7. The van der Waals surface area contributed by atoms with Crippen LogP contribution in [0.25, 0.3) is 0 Å². The van der Waals surface area contributed by atoms with Crippen LogP contribution in [0, 0.1) is 23.7 Å². The number of ether oxygens (including phenoxy) is 1. The van der Waals surface area contributed by atoms with Crippen LogP contribution in [0.15, 0.2) is 91.0 Å². The number of hydrogen-bond acceptors (Lipinski definition) is 3. The van der Waals surface area contributed by atoms with Gasteiger partial charge in [-0.05, 0) is 59.6 Å². The number of aliphatic hydroxyl groups is 1. The summed E-state index contributed by atoms with van der Waals surface area (Å²) < 4.78 is 7.13. The lowest BCUT2D eigenvalue weighted by Crippen LogP contribution is -2.42. The van der Waals surface area contributed by atoms with Crippen LogP contribution in [0.3, 0.4) is 0 Å².